The highest BCUT2D eigenvalue weighted by Gasteiger charge is 2.46. The Balaban J connectivity index is 2.75. The van der Waals surface area contributed by atoms with E-state index >= 15 is 0 Å². The highest BCUT2D eigenvalue weighted by molar-refractivity contribution is 7.74. The molecule has 1 rings (SSSR count). The van der Waals surface area contributed by atoms with Crippen LogP contribution in [0.3, 0.4) is 0 Å². The van der Waals surface area contributed by atoms with Crippen LogP contribution in [0.4, 0.5) is 17.6 Å². The first-order chi connectivity index (χ1) is 7.73. The standard InChI is InChI=1S/C9H10F4O3S/c10-8(6-9(11,12)13)4-2-1-3-7(8)5-16-17(14)15/h1-4,7H,5-6H2,(H,14,15). The smallest absolute Gasteiger partial charge is 0.284 e. The highest BCUT2D eigenvalue weighted by atomic mass is 32.2. The second kappa shape index (κ2) is 5.28. The Kier molecular flexibility index (Phi) is 4.45. The van der Waals surface area contributed by atoms with Gasteiger partial charge in [-0.2, -0.15) is 17.4 Å². The molecule has 0 aromatic heterocycles. The van der Waals surface area contributed by atoms with Crippen LogP contribution >= 0.6 is 0 Å². The van der Waals surface area contributed by atoms with Gasteiger partial charge in [0.05, 0.1) is 13.0 Å². The molecule has 0 saturated carbocycles. The molecule has 98 valence electrons. The topological polar surface area (TPSA) is 46.5 Å². The van der Waals surface area contributed by atoms with Crippen LogP contribution in [-0.4, -0.2) is 27.2 Å². The number of hydrogen-bond acceptors (Lipinski definition) is 2. The van der Waals surface area contributed by atoms with Gasteiger partial charge in [-0.15, -0.1) is 0 Å². The predicted octanol–water partition coefficient (Wildman–Crippen LogP) is 2.54. The second-order valence-electron chi connectivity index (χ2n) is 3.57. The van der Waals surface area contributed by atoms with Gasteiger partial charge in [0, 0.05) is 5.92 Å². The summed E-state index contributed by atoms with van der Waals surface area (Å²) in [7, 11) is 0. The monoisotopic (exact) mass is 274 g/mol. The first-order valence-corrected chi connectivity index (χ1v) is 5.62. The third-order valence-electron chi connectivity index (χ3n) is 2.26. The van der Waals surface area contributed by atoms with Gasteiger partial charge in [0.25, 0.3) is 0 Å². The second-order valence-corrected chi connectivity index (χ2v) is 4.24. The fourth-order valence-corrected chi connectivity index (χ4v) is 1.78. The lowest BCUT2D eigenvalue weighted by Gasteiger charge is -2.31. The van der Waals surface area contributed by atoms with Gasteiger partial charge in [0.1, 0.15) is 5.67 Å². The minimum Gasteiger partial charge on any atom is -0.284 e. The zero-order valence-corrected chi connectivity index (χ0v) is 9.30. The molecule has 0 aliphatic heterocycles. The highest BCUT2D eigenvalue weighted by Crippen LogP contribution is 2.39. The lowest BCUT2D eigenvalue weighted by Crippen LogP contribution is -2.39. The molecule has 3 nitrogen and oxygen atoms in total. The molecule has 0 amide bonds. The van der Waals surface area contributed by atoms with E-state index < -0.39 is 42.2 Å². The van der Waals surface area contributed by atoms with Crippen LogP contribution in [0.15, 0.2) is 24.3 Å². The van der Waals surface area contributed by atoms with Gasteiger partial charge < -0.3 is 0 Å². The van der Waals surface area contributed by atoms with Crippen molar-refractivity contribution in [3.05, 3.63) is 24.3 Å². The SMILES string of the molecule is O=S(O)OCC1C=CC=CC1(F)CC(F)(F)F. The summed E-state index contributed by atoms with van der Waals surface area (Å²) in [6.45, 7) is -0.601. The number of hydrogen-bond donors (Lipinski definition) is 1. The molecule has 0 heterocycles. The van der Waals surface area contributed by atoms with Crippen LogP contribution in [0.25, 0.3) is 0 Å². The Labute approximate surface area is 97.6 Å². The average molecular weight is 274 g/mol. The Hall–Kier alpha value is -0.730. The van der Waals surface area contributed by atoms with Gasteiger partial charge in [-0.25, -0.2) is 4.39 Å². The molecule has 3 unspecified atom stereocenters. The Morgan fingerprint density at radius 3 is 2.59 bits per heavy atom. The molecule has 1 aliphatic carbocycles. The average Bonchev–Trinajstić information content (AvgIpc) is 2.12. The summed E-state index contributed by atoms with van der Waals surface area (Å²) in [5.41, 5.74) is -2.65. The summed E-state index contributed by atoms with van der Waals surface area (Å²) in [6, 6.07) is 0. The van der Waals surface area contributed by atoms with Gasteiger partial charge >= 0.3 is 17.5 Å². The van der Waals surface area contributed by atoms with Gasteiger partial charge in [0.15, 0.2) is 0 Å². The third-order valence-corrected chi connectivity index (χ3v) is 2.60. The Morgan fingerprint density at radius 1 is 1.41 bits per heavy atom. The lowest BCUT2D eigenvalue weighted by atomic mass is 9.83. The maximum atomic E-state index is 14.1. The molecule has 0 spiro atoms. The van der Waals surface area contributed by atoms with Crippen molar-refractivity contribution < 1.29 is 30.5 Å². The molecular formula is C9H10F4O3S. The molecule has 0 bridgehead atoms. The molecule has 17 heavy (non-hydrogen) atoms. The number of halogens is 4. The van der Waals surface area contributed by atoms with Crippen molar-refractivity contribution in [1.82, 2.24) is 0 Å². The van der Waals surface area contributed by atoms with Crippen molar-refractivity contribution in [3.63, 3.8) is 0 Å². The molecule has 3 atom stereocenters. The molecule has 0 aromatic rings. The van der Waals surface area contributed by atoms with Crippen molar-refractivity contribution in [3.8, 4) is 0 Å². The van der Waals surface area contributed by atoms with Crippen molar-refractivity contribution >= 4 is 11.4 Å². The quantitative estimate of drug-likeness (QED) is 0.633. The summed E-state index contributed by atoms with van der Waals surface area (Å²) < 4.78 is 73.5. The van der Waals surface area contributed by atoms with E-state index in [2.05, 4.69) is 4.18 Å². The van der Waals surface area contributed by atoms with Crippen LogP contribution in [0.2, 0.25) is 0 Å². The molecule has 0 fully saturated rings. The molecule has 1 N–H and O–H groups in total. The maximum Gasteiger partial charge on any atom is 0.392 e. The summed E-state index contributed by atoms with van der Waals surface area (Å²) >= 11 is -2.63. The van der Waals surface area contributed by atoms with E-state index in [1.54, 1.807) is 0 Å². The summed E-state index contributed by atoms with van der Waals surface area (Å²) in [6.07, 6.45) is -1.83. The molecule has 8 heteroatoms. The van der Waals surface area contributed by atoms with E-state index in [1.165, 1.54) is 12.2 Å². The fourth-order valence-electron chi connectivity index (χ4n) is 1.52. The first kappa shape index (κ1) is 14.3. The maximum absolute atomic E-state index is 14.1. The van der Waals surface area contributed by atoms with Crippen LogP contribution in [-0.2, 0) is 15.5 Å². The van der Waals surface area contributed by atoms with Gasteiger partial charge in [0.2, 0.25) is 0 Å². The van der Waals surface area contributed by atoms with E-state index in [0.29, 0.717) is 0 Å². The Bertz CT molecular complexity index is 353. The molecule has 0 radical (unpaired) electrons. The van der Waals surface area contributed by atoms with Crippen LogP contribution in [0.5, 0.6) is 0 Å². The van der Waals surface area contributed by atoms with Gasteiger partial charge in [-0.1, -0.05) is 18.2 Å². The predicted molar refractivity (Wildman–Crippen MR) is 53.0 cm³/mol. The number of allylic oxidation sites excluding steroid dienone is 3. The lowest BCUT2D eigenvalue weighted by molar-refractivity contribution is -0.161. The van der Waals surface area contributed by atoms with Gasteiger partial charge in [-0.3, -0.25) is 8.74 Å². The van der Waals surface area contributed by atoms with Crippen LogP contribution < -0.4 is 0 Å². The van der Waals surface area contributed by atoms with E-state index in [0.717, 1.165) is 12.2 Å². The molecular weight excluding hydrogens is 264 g/mol. The zero-order chi connectivity index (χ0) is 13.1. The Morgan fingerprint density at radius 2 is 2.06 bits per heavy atom. The summed E-state index contributed by atoms with van der Waals surface area (Å²) in [4.78, 5) is 0. The first-order valence-electron chi connectivity index (χ1n) is 4.59. The fraction of sp³-hybridized carbons (Fsp3) is 0.556. The van der Waals surface area contributed by atoms with Crippen molar-refractivity contribution in [1.29, 1.82) is 0 Å². The van der Waals surface area contributed by atoms with E-state index in [1.807, 2.05) is 0 Å². The summed E-state index contributed by atoms with van der Waals surface area (Å²) in [5, 5.41) is 0. The van der Waals surface area contributed by atoms with E-state index in [9.17, 15) is 21.8 Å². The van der Waals surface area contributed by atoms with Crippen LogP contribution in [0, 0.1) is 5.92 Å². The molecule has 1 aliphatic rings. The minimum atomic E-state index is -4.67. The normalized spacial score (nSPS) is 30.5. The zero-order valence-electron chi connectivity index (χ0n) is 8.48. The van der Waals surface area contributed by atoms with Crippen molar-refractivity contribution in [2.24, 2.45) is 5.92 Å². The van der Waals surface area contributed by atoms with Crippen molar-refractivity contribution in [2.45, 2.75) is 18.3 Å². The largest absolute Gasteiger partial charge is 0.392 e. The van der Waals surface area contributed by atoms with Crippen molar-refractivity contribution in [2.75, 3.05) is 6.61 Å². The minimum absolute atomic E-state index is 0.601. The van der Waals surface area contributed by atoms with E-state index in [-0.39, 0.29) is 0 Å². The third kappa shape index (κ3) is 4.57. The number of rotatable bonds is 4. The molecule has 0 saturated heterocycles. The van der Waals surface area contributed by atoms with Crippen LogP contribution in [0.1, 0.15) is 6.42 Å². The van der Waals surface area contributed by atoms with Gasteiger partial charge in [-0.05, 0) is 6.08 Å². The van der Waals surface area contributed by atoms with E-state index in [4.69, 9.17) is 4.55 Å². The number of alkyl halides is 4. The molecule has 0 aromatic carbocycles. The summed E-state index contributed by atoms with van der Waals surface area (Å²) in [5.74, 6) is -1.25.